The van der Waals surface area contributed by atoms with Gasteiger partial charge in [-0.25, -0.2) is 0 Å². The number of hydrogen-bond donors (Lipinski definition) is 3. The number of benzene rings is 1. The van der Waals surface area contributed by atoms with Crippen LogP contribution in [0.5, 0.6) is 0 Å². The van der Waals surface area contributed by atoms with Gasteiger partial charge in [0.2, 0.25) is 0 Å². The molecule has 0 heterocycles. The largest absolute Gasteiger partial charge is 0.328 e. The highest BCUT2D eigenvalue weighted by atomic mass is 31.2. The van der Waals surface area contributed by atoms with E-state index in [1.54, 1.807) is 0 Å². The predicted octanol–water partition coefficient (Wildman–Crippen LogP) is 4.64. The lowest BCUT2D eigenvalue weighted by atomic mass is 10.0. The van der Waals surface area contributed by atoms with Crippen LogP contribution in [0.3, 0.4) is 0 Å². The van der Waals surface area contributed by atoms with Crippen molar-refractivity contribution in [3.63, 3.8) is 0 Å². The van der Waals surface area contributed by atoms with Crippen LogP contribution in [0, 0.1) is 0 Å². The summed E-state index contributed by atoms with van der Waals surface area (Å²) in [6.07, 6.45) is 12.4. The van der Waals surface area contributed by atoms with Gasteiger partial charge < -0.3 is 15.5 Å². The molecule has 24 heavy (non-hydrogen) atoms. The smallest absolute Gasteiger partial charge is 0.325 e. The van der Waals surface area contributed by atoms with Crippen LogP contribution in [0.4, 0.5) is 0 Å². The molecular weight excluding hydrogens is 321 g/mol. The molecule has 0 saturated heterocycles. The van der Waals surface area contributed by atoms with E-state index in [0.717, 1.165) is 12.8 Å². The van der Waals surface area contributed by atoms with Crippen LogP contribution in [0.1, 0.15) is 69.8 Å². The van der Waals surface area contributed by atoms with Crippen LogP contribution >= 0.6 is 7.60 Å². The minimum atomic E-state index is -3.88. The summed E-state index contributed by atoms with van der Waals surface area (Å²) in [5.41, 5.74) is 7.32. The summed E-state index contributed by atoms with van der Waals surface area (Å²) in [5.74, 6) is 0. The normalized spacial score (nSPS) is 13.1. The van der Waals surface area contributed by atoms with Crippen molar-refractivity contribution >= 4 is 7.60 Å². The molecule has 1 atom stereocenters. The van der Waals surface area contributed by atoms with Gasteiger partial charge in [-0.2, -0.15) is 0 Å². The third-order valence-corrected chi connectivity index (χ3v) is 5.27. The molecule has 1 rings (SSSR count). The van der Waals surface area contributed by atoms with Gasteiger partial charge in [-0.05, 0) is 31.2 Å². The van der Waals surface area contributed by atoms with Crippen LogP contribution in [0.25, 0.3) is 0 Å². The maximum atomic E-state index is 10.8. The average molecular weight is 355 g/mol. The molecule has 1 unspecified atom stereocenters. The SMILES string of the molecule is NC(CCCCCCCCCCc1ccccc1)CCP(=O)(O)O. The molecule has 0 bridgehead atoms. The monoisotopic (exact) mass is 355 g/mol. The Labute approximate surface area is 147 Å². The summed E-state index contributed by atoms with van der Waals surface area (Å²) >= 11 is 0. The van der Waals surface area contributed by atoms with Gasteiger partial charge in [0.1, 0.15) is 0 Å². The lowest BCUT2D eigenvalue weighted by Crippen LogP contribution is -2.21. The van der Waals surface area contributed by atoms with Crippen LogP contribution in [-0.2, 0) is 11.0 Å². The molecule has 0 amide bonds. The van der Waals surface area contributed by atoms with Crippen molar-refractivity contribution < 1.29 is 14.4 Å². The topological polar surface area (TPSA) is 83.6 Å². The molecular formula is C19H34NO3P. The summed E-state index contributed by atoms with van der Waals surface area (Å²) in [6, 6.07) is 10.6. The maximum absolute atomic E-state index is 10.8. The second kappa shape index (κ2) is 12.7. The molecule has 0 spiro atoms. The molecule has 138 valence electrons. The van der Waals surface area contributed by atoms with Crippen LogP contribution in [-0.4, -0.2) is 22.0 Å². The molecule has 4 N–H and O–H groups in total. The van der Waals surface area contributed by atoms with Crippen molar-refractivity contribution in [3.05, 3.63) is 35.9 Å². The fraction of sp³-hybridized carbons (Fsp3) is 0.684. The van der Waals surface area contributed by atoms with Gasteiger partial charge in [0.25, 0.3) is 0 Å². The van der Waals surface area contributed by atoms with Gasteiger partial charge in [-0.15, -0.1) is 0 Å². The van der Waals surface area contributed by atoms with Crippen molar-refractivity contribution in [2.45, 2.75) is 76.7 Å². The lowest BCUT2D eigenvalue weighted by molar-refractivity contribution is 0.368. The summed E-state index contributed by atoms with van der Waals surface area (Å²) < 4.78 is 10.8. The summed E-state index contributed by atoms with van der Waals surface area (Å²) in [6.45, 7) is 0. The average Bonchev–Trinajstić information content (AvgIpc) is 2.55. The molecule has 0 aliphatic rings. The van der Waals surface area contributed by atoms with E-state index in [4.69, 9.17) is 15.5 Å². The molecule has 4 nitrogen and oxygen atoms in total. The van der Waals surface area contributed by atoms with Crippen LogP contribution < -0.4 is 5.73 Å². The minimum absolute atomic E-state index is 0.0735. The zero-order valence-electron chi connectivity index (χ0n) is 14.8. The van der Waals surface area contributed by atoms with Crippen LogP contribution in [0.15, 0.2) is 30.3 Å². The molecule has 1 aromatic rings. The first-order valence-electron chi connectivity index (χ1n) is 9.31. The van der Waals surface area contributed by atoms with Gasteiger partial charge >= 0.3 is 7.60 Å². The van der Waals surface area contributed by atoms with Crippen LogP contribution in [0.2, 0.25) is 0 Å². The standard InChI is InChI=1S/C19H34NO3P/c20-19(16-17-24(21,22)23)15-11-6-4-2-1-3-5-8-12-18-13-9-7-10-14-18/h7,9-10,13-14,19H,1-6,8,11-12,15-17,20H2,(H2,21,22,23). The highest BCUT2D eigenvalue weighted by molar-refractivity contribution is 7.51. The highest BCUT2D eigenvalue weighted by Crippen LogP contribution is 2.35. The first-order valence-corrected chi connectivity index (χ1v) is 11.1. The molecule has 0 saturated carbocycles. The molecule has 0 aromatic heterocycles. The zero-order valence-corrected chi connectivity index (χ0v) is 15.7. The second-order valence-corrected chi connectivity index (χ2v) is 8.57. The van der Waals surface area contributed by atoms with E-state index >= 15 is 0 Å². The Bertz CT molecular complexity index is 461. The summed E-state index contributed by atoms with van der Waals surface area (Å²) in [5, 5.41) is 0. The Morgan fingerprint density at radius 3 is 1.96 bits per heavy atom. The van der Waals surface area contributed by atoms with E-state index in [2.05, 4.69) is 30.3 Å². The highest BCUT2D eigenvalue weighted by Gasteiger charge is 2.14. The third kappa shape index (κ3) is 12.7. The van der Waals surface area contributed by atoms with Crippen molar-refractivity contribution in [3.8, 4) is 0 Å². The van der Waals surface area contributed by atoms with Gasteiger partial charge in [0.05, 0.1) is 6.16 Å². The lowest BCUT2D eigenvalue weighted by Gasteiger charge is -2.11. The maximum Gasteiger partial charge on any atom is 0.325 e. The van der Waals surface area contributed by atoms with Crippen molar-refractivity contribution in [2.24, 2.45) is 5.73 Å². The Morgan fingerprint density at radius 2 is 1.38 bits per heavy atom. The molecule has 0 aliphatic carbocycles. The Kier molecular flexibility index (Phi) is 11.3. The molecule has 0 fully saturated rings. The number of unbranched alkanes of at least 4 members (excludes halogenated alkanes) is 7. The summed E-state index contributed by atoms with van der Waals surface area (Å²) in [4.78, 5) is 17.6. The predicted molar refractivity (Wildman–Crippen MR) is 101 cm³/mol. The fourth-order valence-electron chi connectivity index (χ4n) is 2.92. The Balaban J connectivity index is 1.84. The van der Waals surface area contributed by atoms with Crippen molar-refractivity contribution in [2.75, 3.05) is 6.16 Å². The number of rotatable bonds is 14. The van der Waals surface area contributed by atoms with Gasteiger partial charge in [0.15, 0.2) is 0 Å². The zero-order chi connectivity index (χ0) is 17.7. The Morgan fingerprint density at radius 1 is 0.833 bits per heavy atom. The molecule has 0 radical (unpaired) electrons. The van der Waals surface area contributed by atoms with E-state index in [0.29, 0.717) is 6.42 Å². The van der Waals surface area contributed by atoms with E-state index < -0.39 is 7.60 Å². The quantitative estimate of drug-likeness (QED) is 0.335. The fourth-order valence-corrected chi connectivity index (χ4v) is 3.59. The van der Waals surface area contributed by atoms with E-state index in [1.807, 2.05) is 0 Å². The summed E-state index contributed by atoms with van der Waals surface area (Å²) in [7, 11) is -3.88. The van der Waals surface area contributed by atoms with Gasteiger partial charge in [0, 0.05) is 6.04 Å². The molecule has 0 aliphatic heterocycles. The number of hydrogen-bond acceptors (Lipinski definition) is 2. The van der Waals surface area contributed by atoms with Gasteiger partial charge in [-0.3, -0.25) is 4.57 Å². The first-order chi connectivity index (χ1) is 11.5. The molecule has 1 aromatic carbocycles. The van der Waals surface area contributed by atoms with Crippen molar-refractivity contribution in [1.29, 1.82) is 0 Å². The minimum Gasteiger partial charge on any atom is -0.328 e. The Hall–Kier alpha value is -0.670. The number of aryl methyl sites for hydroxylation is 1. The third-order valence-electron chi connectivity index (χ3n) is 4.42. The van der Waals surface area contributed by atoms with Crippen molar-refractivity contribution in [1.82, 2.24) is 0 Å². The number of nitrogens with two attached hydrogens (primary N) is 1. The van der Waals surface area contributed by atoms with E-state index in [-0.39, 0.29) is 12.2 Å². The molecule has 5 heteroatoms. The second-order valence-electron chi connectivity index (χ2n) is 6.79. The first kappa shape index (κ1) is 21.4. The van der Waals surface area contributed by atoms with E-state index in [9.17, 15) is 4.57 Å². The van der Waals surface area contributed by atoms with Gasteiger partial charge in [-0.1, -0.05) is 75.3 Å². The van der Waals surface area contributed by atoms with E-state index in [1.165, 1.54) is 56.9 Å².